The molecule has 0 bridgehead atoms. The summed E-state index contributed by atoms with van der Waals surface area (Å²) in [6, 6.07) is 12.9. The number of nitrogens with zero attached hydrogens (tertiary/aromatic N) is 1. The molecule has 1 aliphatic carbocycles. The van der Waals surface area contributed by atoms with Crippen molar-refractivity contribution in [1.29, 1.82) is 0 Å². The van der Waals surface area contributed by atoms with Crippen LogP contribution >= 0.6 is 0 Å². The third-order valence-corrected chi connectivity index (χ3v) is 6.68. The van der Waals surface area contributed by atoms with Gasteiger partial charge in [-0.3, -0.25) is 14.6 Å². The Morgan fingerprint density at radius 2 is 1.51 bits per heavy atom. The minimum Gasteiger partial charge on any atom is -0.493 e. The number of rotatable bonds is 8. The van der Waals surface area contributed by atoms with Crippen molar-refractivity contribution in [3.05, 3.63) is 78.0 Å². The molecule has 0 radical (unpaired) electrons. The molecule has 1 heterocycles. The average Bonchev–Trinajstić information content (AvgIpc) is 3.74. The third-order valence-electron chi connectivity index (χ3n) is 6.68. The van der Waals surface area contributed by atoms with E-state index in [4.69, 9.17) is 14.2 Å². The van der Waals surface area contributed by atoms with Crippen LogP contribution in [-0.4, -0.2) is 31.0 Å². The number of hydrogen-bond donors (Lipinski definition) is 2. The fourth-order valence-electron chi connectivity index (χ4n) is 4.23. The average molecular weight is 534 g/mol. The molecule has 5 rings (SSSR count). The molecule has 0 aliphatic heterocycles. The van der Waals surface area contributed by atoms with E-state index in [2.05, 4.69) is 15.6 Å². The van der Waals surface area contributed by atoms with Gasteiger partial charge in [0, 0.05) is 35.1 Å². The summed E-state index contributed by atoms with van der Waals surface area (Å²) in [7, 11) is 3.03. The molecular weight excluding hydrogens is 508 g/mol. The zero-order valence-electron chi connectivity index (χ0n) is 21.4. The van der Waals surface area contributed by atoms with E-state index in [-0.39, 0.29) is 11.4 Å². The summed E-state index contributed by atoms with van der Waals surface area (Å²) in [5, 5.41) is 5.92. The first-order valence-electron chi connectivity index (χ1n) is 12.1. The van der Waals surface area contributed by atoms with Crippen LogP contribution in [0.3, 0.4) is 0 Å². The van der Waals surface area contributed by atoms with Gasteiger partial charge >= 0.3 is 0 Å². The number of aryl methyl sites for hydroxylation is 1. The maximum Gasteiger partial charge on any atom is 0.240 e. The van der Waals surface area contributed by atoms with Gasteiger partial charge in [-0.25, -0.2) is 8.78 Å². The highest BCUT2D eigenvalue weighted by Gasteiger charge is 2.56. The van der Waals surface area contributed by atoms with Crippen LogP contribution in [0.1, 0.15) is 18.4 Å². The maximum absolute atomic E-state index is 15.2. The number of anilines is 2. The van der Waals surface area contributed by atoms with Gasteiger partial charge in [0.2, 0.25) is 11.8 Å². The van der Waals surface area contributed by atoms with Crippen molar-refractivity contribution in [2.75, 3.05) is 24.9 Å². The Hall–Kier alpha value is -4.73. The van der Waals surface area contributed by atoms with E-state index in [0.717, 1.165) is 6.07 Å². The standard InChI is InChI=1S/C29H25F2N3O5/c1-16-12-24(39-23-8-11-32-22-15-26(38-3)25(37-2)13-19(22)23)20(31)14-21(16)34-28(36)29(9-10-29)27(35)33-18-6-4-17(30)5-7-18/h4-8,11-15H,9-10H2,1-3H3,(H,33,35)(H,34,36). The molecule has 1 fully saturated rings. The van der Waals surface area contributed by atoms with E-state index in [1.165, 1.54) is 50.7 Å². The van der Waals surface area contributed by atoms with Gasteiger partial charge in [-0.1, -0.05) is 0 Å². The van der Waals surface area contributed by atoms with E-state index < -0.39 is 28.9 Å². The first-order valence-corrected chi connectivity index (χ1v) is 12.1. The van der Waals surface area contributed by atoms with Crippen LogP contribution in [0.15, 0.2) is 60.8 Å². The van der Waals surface area contributed by atoms with Crippen molar-refractivity contribution >= 4 is 34.1 Å². The number of nitrogens with one attached hydrogen (secondary N) is 2. The van der Waals surface area contributed by atoms with E-state index in [1.54, 1.807) is 25.1 Å². The highest BCUT2D eigenvalue weighted by atomic mass is 19.1. The molecule has 10 heteroatoms. The Kier molecular flexibility index (Phi) is 6.78. The van der Waals surface area contributed by atoms with Crippen LogP contribution < -0.4 is 24.8 Å². The van der Waals surface area contributed by atoms with Crippen LogP contribution in [0.5, 0.6) is 23.0 Å². The molecule has 0 unspecified atom stereocenters. The van der Waals surface area contributed by atoms with Crippen LogP contribution in [0, 0.1) is 24.0 Å². The van der Waals surface area contributed by atoms with Crippen LogP contribution in [0.2, 0.25) is 0 Å². The Bertz CT molecular complexity index is 1590. The molecule has 4 aromatic rings. The highest BCUT2D eigenvalue weighted by molar-refractivity contribution is 6.17. The van der Waals surface area contributed by atoms with Gasteiger partial charge < -0.3 is 24.8 Å². The number of aromatic nitrogens is 1. The molecule has 2 N–H and O–H groups in total. The largest absolute Gasteiger partial charge is 0.493 e. The summed E-state index contributed by atoms with van der Waals surface area (Å²) in [6.07, 6.45) is 2.23. The van der Waals surface area contributed by atoms with Crippen molar-refractivity contribution in [1.82, 2.24) is 4.98 Å². The van der Waals surface area contributed by atoms with Crippen LogP contribution in [0.4, 0.5) is 20.2 Å². The highest BCUT2D eigenvalue weighted by Crippen LogP contribution is 2.48. The van der Waals surface area contributed by atoms with E-state index >= 15 is 4.39 Å². The van der Waals surface area contributed by atoms with E-state index in [1.807, 2.05) is 0 Å². The number of halogens is 2. The molecule has 1 aromatic heterocycles. The summed E-state index contributed by atoms with van der Waals surface area (Å²) < 4.78 is 44.9. The van der Waals surface area contributed by atoms with Gasteiger partial charge in [0.25, 0.3) is 0 Å². The maximum atomic E-state index is 15.2. The number of carbonyl (C=O) groups excluding carboxylic acids is 2. The second kappa shape index (κ2) is 10.2. The monoisotopic (exact) mass is 533 g/mol. The van der Waals surface area contributed by atoms with Crippen molar-refractivity contribution in [3.8, 4) is 23.0 Å². The molecule has 0 saturated heterocycles. The summed E-state index contributed by atoms with van der Waals surface area (Å²) >= 11 is 0. The minimum atomic E-state index is -1.28. The number of ether oxygens (including phenoxy) is 3. The fraction of sp³-hybridized carbons (Fsp3) is 0.207. The zero-order valence-corrected chi connectivity index (χ0v) is 21.4. The second-order valence-corrected chi connectivity index (χ2v) is 9.23. The molecule has 3 aromatic carbocycles. The summed E-state index contributed by atoms with van der Waals surface area (Å²) in [5.41, 5.74) is 0.426. The van der Waals surface area contributed by atoms with Gasteiger partial charge in [0.05, 0.1) is 19.7 Å². The quantitative estimate of drug-likeness (QED) is 0.270. The van der Waals surface area contributed by atoms with Gasteiger partial charge in [0.15, 0.2) is 23.1 Å². The molecule has 8 nitrogen and oxygen atoms in total. The van der Waals surface area contributed by atoms with E-state index in [9.17, 15) is 14.0 Å². The Morgan fingerprint density at radius 1 is 0.846 bits per heavy atom. The van der Waals surface area contributed by atoms with Crippen molar-refractivity contribution < 1.29 is 32.6 Å². The molecule has 0 spiro atoms. The smallest absolute Gasteiger partial charge is 0.240 e. The molecule has 1 saturated carbocycles. The van der Waals surface area contributed by atoms with Crippen LogP contribution in [0.25, 0.3) is 10.9 Å². The summed E-state index contributed by atoms with van der Waals surface area (Å²) in [4.78, 5) is 30.2. The lowest BCUT2D eigenvalue weighted by molar-refractivity contribution is -0.131. The summed E-state index contributed by atoms with van der Waals surface area (Å²) in [5.74, 6) is -0.920. The minimum absolute atomic E-state index is 0.0528. The Morgan fingerprint density at radius 3 is 2.18 bits per heavy atom. The lowest BCUT2D eigenvalue weighted by Gasteiger charge is -2.18. The molecule has 39 heavy (non-hydrogen) atoms. The van der Waals surface area contributed by atoms with Gasteiger partial charge in [-0.15, -0.1) is 0 Å². The Labute approximate surface area is 222 Å². The number of benzene rings is 3. The normalized spacial score (nSPS) is 13.5. The number of fused-ring (bicyclic) bond motifs is 1. The van der Waals surface area contributed by atoms with Gasteiger partial charge in [-0.2, -0.15) is 0 Å². The molecular formula is C29H25F2N3O5. The molecule has 2 amide bonds. The zero-order chi connectivity index (χ0) is 27.7. The Balaban J connectivity index is 1.35. The SMILES string of the molecule is COc1cc2nccc(Oc3cc(C)c(NC(=O)C4(C(=O)Nc5ccc(F)cc5)CC4)cc3F)c2cc1OC. The fourth-order valence-corrected chi connectivity index (χ4v) is 4.23. The molecule has 1 aliphatic rings. The second-order valence-electron chi connectivity index (χ2n) is 9.23. The van der Waals surface area contributed by atoms with Crippen molar-refractivity contribution in [2.24, 2.45) is 5.41 Å². The molecule has 200 valence electrons. The first kappa shape index (κ1) is 25.9. The first-order chi connectivity index (χ1) is 18.7. The van der Waals surface area contributed by atoms with Crippen molar-refractivity contribution in [2.45, 2.75) is 19.8 Å². The number of carbonyl (C=O) groups is 2. The predicted molar refractivity (Wildman–Crippen MR) is 141 cm³/mol. The van der Waals surface area contributed by atoms with Crippen LogP contribution in [-0.2, 0) is 9.59 Å². The van der Waals surface area contributed by atoms with E-state index in [0.29, 0.717) is 52.2 Å². The number of hydrogen-bond acceptors (Lipinski definition) is 6. The number of methoxy groups -OCH3 is 2. The van der Waals surface area contributed by atoms with Crippen molar-refractivity contribution in [3.63, 3.8) is 0 Å². The predicted octanol–water partition coefficient (Wildman–Crippen LogP) is 5.99. The lowest BCUT2D eigenvalue weighted by atomic mass is 10.0. The molecule has 0 atom stereocenters. The summed E-state index contributed by atoms with van der Waals surface area (Å²) in [6.45, 7) is 1.69. The number of amides is 2. The van der Waals surface area contributed by atoms with Gasteiger partial charge in [-0.05, 0) is 67.8 Å². The lowest BCUT2D eigenvalue weighted by Crippen LogP contribution is -2.35. The van der Waals surface area contributed by atoms with Gasteiger partial charge in [0.1, 0.15) is 17.0 Å². The third kappa shape index (κ3) is 5.05. The topological polar surface area (TPSA) is 98.8 Å². The number of pyridine rings is 1.